The van der Waals surface area contributed by atoms with Gasteiger partial charge in [-0.3, -0.25) is 19.3 Å². The number of aryl methyl sites for hydroxylation is 1. The van der Waals surface area contributed by atoms with Gasteiger partial charge < -0.3 is 20.5 Å². The molecule has 3 aliphatic rings. The number of hydrogen-bond donors (Lipinski definition) is 3. The van der Waals surface area contributed by atoms with Crippen LogP contribution in [0.3, 0.4) is 0 Å². The zero-order valence-electron chi connectivity index (χ0n) is 24.4. The Morgan fingerprint density at radius 2 is 1.89 bits per heavy atom. The maximum atomic E-state index is 12.9. The van der Waals surface area contributed by atoms with Crippen LogP contribution in [0.15, 0.2) is 64.9 Å². The number of esters is 1. The summed E-state index contributed by atoms with van der Waals surface area (Å²) in [6, 6.07) is 12.0. The molecule has 1 unspecified atom stereocenters. The lowest BCUT2D eigenvalue weighted by Crippen LogP contribution is -2.70. The lowest BCUT2D eigenvalue weighted by molar-refractivity contribution is -0.151. The molecule has 3 aliphatic heterocycles. The number of carboxylic acids is 1. The zero-order valence-corrected chi connectivity index (χ0v) is 25.2. The van der Waals surface area contributed by atoms with E-state index < -0.39 is 47.2 Å². The summed E-state index contributed by atoms with van der Waals surface area (Å²) in [6.45, 7) is 3.30. The number of imide groups is 1. The van der Waals surface area contributed by atoms with Crippen molar-refractivity contribution in [2.24, 2.45) is 5.10 Å². The normalized spacial score (nSPS) is 19.4. The summed E-state index contributed by atoms with van der Waals surface area (Å²) in [5, 5.41) is 19.8. The van der Waals surface area contributed by atoms with Crippen LogP contribution in [0.25, 0.3) is 0 Å². The summed E-state index contributed by atoms with van der Waals surface area (Å²) < 4.78 is 4.93. The number of ether oxygens (including phenoxy) is 1. The van der Waals surface area contributed by atoms with Crippen LogP contribution in [0.1, 0.15) is 23.6 Å². The number of anilines is 1. The van der Waals surface area contributed by atoms with Crippen LogP contribution in [-0.2, 0) is 30.3 Å². The SMILES string of the molecule is CC(=O)OCC1=C(C(=O)O)N2C(=O)C(NC(=O)Cc3cccc(NC(=O)N4CCN(N=Cc5cccc(C)c5)C4=O)c3)[C@@H]2SC1. The van der Waals surface area contributed by atoms with Crippen LogP contribution >= 0.6 is 11.8 Å². The Bertz CT molecular complexity index is 1640. The van der Waals surface area contributed by atoms with E-state index in [1.54, 1.807) is 30.5 Å². The molecule has 0 saturated carbocycles. The van der Waals surface area contributed by atoms with Gasteiger partial charge in [0.15, 0.2) is 0 Å². The van der Waals surface area contributed by atoms with Crippen molar-refractivity contribution in [3.8, 4) is 0 Å². The minimum Gasteiger partial charge on any atom is -0.477 e. The molecule has 3 heterocycles. The minimum atomic E-state index is -1.32. The molecule has 5 rings (SSSR count). The number of β-lactam (4-membered cyclic amide) rings is 1. The first kappa shape index (κ1) is 31.3. The molecule has 2 atom stereocenters. The first-order chi connectivity index (χ1) is 21.5. The van der Waals surface area contributed by atoms with Crippen LogP contribution in [0.4, 0.5) is 15.3 Å². The van der Waals surface area contributed by atoms with E-state index in [1.807, 2.05) is 31.2 Å². The minimum absolute atomic E-state index is 0.117. The van der Waals surface area contributed by atoms with Crippen molar-refractivity contribution < 1.29 is 38.6 Å². The van der Waals surface area contributed by atoms with Crippen molar-refractivity contribution in [3.63, 3.8) is 0 Å². The molecule has 6 amide bonds. The molecule has 3 N–H and O–H groups in total. The van der Waals surface area contributed by atoms with Gasteiger partial charge in [0.05, 0.1) is 25.7 Å². The number of benzene rings is 2. The molecule has 15 heteroatoms. The molecule has 0 bridgehead atoms. The number of urea groups is 2. The van der Waals surface area contributed by atoms with Crippen LogP contribution < -0.4 is 10.6 Å². The molecule has 0 spiro atoms. The van der Waals surface area contributed by atoms with E-state index in [1.165, 1.54) is 23.7 Å². The Morgan fingerprint density at radius 3 is 2.62 bits per heavy atom. The summed E-state index contributed by atoms with van der Waals surface area (Å²) in [4.78, 5) is 76.6. The molecule has 45 heavy (non-hydrogen) atoms. The molecule has 2 fully saturated rings. The number of carbonyl (C=O) groups excluding carboxylic acids is 5. The molecule has 0 aromatic heterocycles. The standard InChI is InChI=1S/C30H30N6O8S/c1-17-5-3-7-20(11-17)14-31-35-10-9-34(30(35)43)29(42)32-22-8-4-6-19(12-22)13-23(38)33-24-26(39)36-25(28(40)41)21(15-44-18(2)37)16-45-27(24)36/h3-8,11-12,14,24,27H,9-10,13,15-16H2,1-2H3,(H,32,42)(H,33,38)(H,40,41)/t24?,27-/m0/s1. The van der Waals surface area contributed by atoms with Crippen molar-refractivity contribution in [2.45, 2.75) is 31.7 Å². The summed E-state index contributed by atoms with van der Waals surface area (Å²) in [5.41, 5.74) is 2.85. The number of carboxylic acid groups (broad SMARTS) is 1. The summed E-state index contributed by atoms with van der Waals surface area (Å²) in [7, 11) is 0. The van der Waals surface area contributed by atoms with Gasteiger partial charge in [-0.05, 0) is 30.2 Å². The third-order valence-corrected chi connectivity index (χ3v) is 8.52. The average Bonchev–Trinajstić information content (AvgIpc) is 3.37. The van der Waals surface area contributed by atoms with Gasteiger partial charge >= 0.3 is 24.0 Å². The predicted molar refractivity (Wildman–Crippen MR) is 163 cm³/mol. The van der Waals surface area contributed by atoms with Gasteiger partial charge in [-0.15, -0.1) is 11.8 Å². The fourth-order valence-corrected chi connectivity index (χ4v) is 6.38. The number of nitrogens with zero attached hydrogens (tertiary/aromatic N) is 4. The molecule has 2 saturated heterocycles. The van der Waals surface area contributed by atoms with E-state index in [9.17, 15) is 33.9 Å². The number of nitrogens with one attached hydrogen (secondary N) is 2. The topological polar surface area (TPSA) is 178 Å². The van der Waals surface area contributed by atoms with E-state index in [0.29, 0.717) is 16.8 Å². The average molecular weight is 635 g/mol. The molecule has 2 aromatic rings. The number of amides is 6. The van der Waals surface area contributed by atoms with Gasteiger partial charge in [0, 0.05) is 23.9 Å². The predicted octanol–water partition coefficient (Wildman–Crippen LogP) is 2.14. The van der Waals surface area contributed by atoms with E-state index in [2.05, 4.69) is 15.7 Å². The highest BCUT2D eigenvalue weighted by atomic mass is 32.2. The van der Waals surface area contributed by atoms with Crippen LogP contribution in [0.2, 0.25) is 0 Å². The Labute approximate surface area is 262 Å². The van der Waals surface area contributed by atoms with E-state index in [0.717, 1.165) is 20.9 Å². The maximum absolute atomic E-state index is 12.9. The monoisotopic (exact) mass is 634 g/mol. The highest BCUT2D eigenvalue weighted by molar-refractivity contribution is 8.00. The van der Waals surface area contributed by atoms with Crippen molar-refractivity contribution in [2.75, 3.05) is 30.8 Å². The summed E-state index contributed by atoms with van der Waals surface area (Å²) in [6.07, 6.45) is 1.45. The largest absolute Gasteiger partial charge is 0.477 e. The summed E-state index contributed by atoms with van der Waals surface area (Å²) >= 11 is 1.26. The lowest BCUT2D eigenvalue weighted by atomic mass is 10.0. The lowest BCUT2D eigenvalue weighted by Gasteiger charge is -2.49. The molecule has 0 aliphatic carbocycles. The van der Waals surface area contributed by atoms with E-state index in [-0.39, 0.29) is 37.6 Å². The first-order valence-corrected chi connectivity index (χ1v) is 15.0. The van der Waals surface area contributed by atoms with Gasteiger partial charge in [0.25, 0.3) is 5.91 Å². The molecular weight excluding hydrogens is 604 g/mol. The van der Waals surface area contributed by atoms with Gasteiger partial charge in [0.1, 0.15) is 23.7 Å². The van der Waals surface area contributed by atoms with E-state index >= 15 is 0 Å². The quantitative estimate of drug-likeness (QED) is 0.212. The maximum Gasteiger partial charge on any atom is 0.352 e. The Hall–Kier alpha value is -5.18. The number of hydrazone groups is 1. The third kappa shape index (κ3) is 6.98. The second kappa shape index (κ2) is 13.2. The van der Waals surface area contributed by atoms with Crippen LogP contribution in [-0.4, -0.2) is 98.8 Å². The van der Waals surface area contributed by atoms with Crippen molar-refractivity contribution in [1.82, 2.24) is 20.1 Å². The third-order valence-electron chi connectivity index (χ3n) is 7.18. The number of carbonyl (C=O) groups is 6. The molecule has 0 radical (unpaired) electrons. The molecule has 14 nitrogen and oxygen atoms in total. The second-order valence-electron chi connectivity index (χ2n) is 10.5. The first-order valence-electron chi connectivity index (χ1n) is 13.9. The number of thioether (sulfide) groups is 1. The van der Waals surface area contributed by atoms with Crippen LogP contribution in [0.5, 0.6) is 0 Å². The number of hydrogen-bond acceptors (Lipinski definition) is 9. The van der Waals surface area contributed by atoms with E-state index in [4.69, 9.17) is 4.74 Å². The van der Waals surface area contributed by atoms with Crippen molar-refractivity contribution in [1.29, 1.82) is 0 Å². The zero-order chi connectivity index (χ0) is 32.2. The van der Waals surface area contributed by atoms with Crippen molar-refractivity contribution in [3.05, 3.63) is 76.5 Å². The van der Waals surface area contributed by atoms with Gasteiger partial charge in [-0.25, -0.2) is 24.3 Å². The van der Waals surface area contributed by atoms with Gasteiger partial charge in [0.2, 0.25) is 5.91 Å². The molecule has 2 aromatic carbocycles. The Kier molecular flexibility index (Phi) is 9.18. The Balaban J connectivity index is 1.15. The van der Waals surface area contributed by atoms with Gasteiger partial charge in [-0.2, -0.15) is 5.10 Å². The van der Waals surface area contributed by atoms with Crippen molar-refractivity contribution >= 4 is 59.5 Å². The Morgan fingerprint density at radius 1 is 1.11 bits per heavy atom. The fourth-order valence-electron chi connectivity index (χ4n) is 5.05. The fraction of sp³-hybridized carbons (Fsp3) is 0.300. The molecular formula is C30H30N6O8S. The smallest absolute Gasteiger partial charge is 0.352 e. The number of rotatable bonds is 9. The molecule has 234 valence electrons. The van der Waals surface area contributed by atoms with Gasteiger partial charge in [-0.1, -0.05) is 42.0 Å². The second-order valence-corrected chi connectivity index (χ2v) is 11.6. The highest BCUT2D eigenvalue weighted by Gasteiger charge is 2.54. The highest BCUT2D eigenvalue weighted by Crippen LogP contribution is 2.40. The number of fused-ring (bicyclic) bond motifs is 1. The number of aliphatic carboxylic acids is 1. The van der Waals surface area contributed by atoms with Crippen LogP contribution in [0, 0.1) is 6.92 Å². The summed E-state index contributed by atoms with van der Waals surface area (Å²) in [5.74, 6) is -2.72.